The third kappa shape index (κ3) is 6.16. The Kier molecular flexibility index (Phi) is 7.96. The minimum absolute atomic E-state index is 0.00308. The van der Waals surface area contributed by atoms with E-state index in [4.69, 9.17) is 9.47 Å². The van der Waals surface area contributed by atoms with E-state index in [0.29, 0.717) is 5.56 Å². The number of phenols is 1. The molecule has 0 radical (unpaired) electrons. The van der Waals surface area contributed by atoms with Gasteiger partial charge >= 0.3 is 5.97 Å². The van der Waals surface area contributed by atoms with Gasteiger partial charge in [-0.1, -0.05) is 47.7 Å². The topological polar surface area (TPSA) is 130 Å². The van der Waals surface area contributed by atoms with Gasteiger partial charge in [-0.15, -0.1) is 0 Å². The molecule has 4 atom stereocenters. The van der Waals surface area contributed by atoms with Crippen LogP contribution in [0.25, 0.3) is 6.08 Å². The van der Waals surface area contributed by atoms with Crippen LogP contribution in [-0.2, 0) is 19.1 Å². The second kappa shape index (κ2) is 11.1. The summed E-state index contributed by atoms with van der Waals surface area (Å²) in [5.41, 5.74) is 0.483. The number of aliphatic hydroxyl groups excluding tert-OH is 1. The number of carbonyl (C=O) groups is 2. The molecule has 1 amide bonds. The number of epoxide rings is 1. The lowest BCUT2D eigenvalue weighted by Crippen LogP contribution is -2.36. The van der Waals surface area contributed by atoms with Gasteiger partial charge in [0, 0.05) is 18.7 Å². The number of amides is 1. The first kappa shape index (κ1) is 23.0. The van der Waals surface area contributed by atoms with E-state index in [1.54, 1.807) is 42.5 Å². The fourth-order valence-electron chi connectivity index (χ4n) is 3.10. The Morgan fingerprint density at radius 2 is 2.19 bits per heavy atom. The number of ether oxygens (including phenoxy) is 2. The highest BCUT2D eigenvalue weighted by Gasteiger charge is 2.46. The largest absolute Gasteiger partial charge is 0.507 e. The van der Waals surface area contributed by atoms with Crippen LogP contribution in [0.2, 0.25) is 0 Å². The highest BCUT2D eigenvalue weighted by molar-refractivity contribution is 5.96. The van der Waals surface area contributed by atoms with Crippen molar-refractivity contribution in [3.05, 3.63) is 72.0 Å². The Balaban J connectivity index is 1.72. The van der Waals surface area contributed by atoms with Crippen molar-refractivity contribution in [3.63, 3.8) is 0 Å². The summed E-state index contributed by atoms with van der Waals surface area (Å²) in [5.74, 6) is -1.40. The summed E-state index contributed by atoms with van der Waals surface area (Å²) in [6.45, 7) is 0. The summed E-state index contributed by atoms with van der Waals surface area (Å²) in [6, 6.07) is 4.69. The molecule has 0 spiro atoms. The van der Waals surface area contributed by atoms with Gasteiger partial charge in [-0.05, 0) is 17.7 Å². The van der Waals surface area contributed by atoms with Crippen molar-refractivity contribution in [1.82, 2.24) is 5.32 Å². The smallest absolute Gasteiger partial charge is 0.342 e. The second-order valence-electron chi connectivity index (χ2n) is 6.93. The zero-order chi connectivity index (χ0) is 22.9. The van der Waals surface area contributed by atoms with Gasteiger partial charge < -0.3 is 29.8 Å². The second-order valence-corrected chi connectivity index (χ2v) is 6.93. The van der Waals surface area contributed by atoms with Gasteiger partial charge in [0.05, 0.1) is 6.21 Å². The van der Waals surface area contributed by atoms with E-state index >= 15 is 0 Å². The Morgan fingerprint density at radius 1 is 1.34 bits per heavy atom. The Morgan fingerprint density at radius 3 is 3.00 bits per heavy atom. The van der Waals surface area contributed by atoms with Crippen LogP contribution in [0, 0.1) is 0 Å². The fourth-order valence-corrected chi connectivity index (χ4v) is 3.10. The van der Waals surface area contributed by atoms with Gasteiger partial charge in [0.2, 0.25) is 5.91 Å². The number of esters is 1. The molecule has 1 fully saturated rings. The van der Waals surface area contributed by atoms with E-state index < -0.39 is 30.2 Å². The fraction of sp³-hybridized carbons (Fsp3) is 0.261. The standard InChI is InChI=1S/C23H24N2O7/c1-30-25-14-6-12-19(27)24-13-5-11-17-21(28)22-18(31-22)10-3-2-7-15-8-4-9-16(26)20(15)23(29)32-17/h2-10,12-14,17-18,21-22,26,28H,11H2,1H3,(H,24,27)/b7-2+,10-3-,12-6-,13-5-,25-14+. The third-order valence-corrected chi connectivity index (χ3v) is 4.72. The summed E-state index contributed by atoms with van der Waals surface area (Å²) < 4.78 is 11.0. The van der Waals surface area contributed by atoms with Crippen LogP contribution in [0.4, 0.5) is 0 Å². The predicted octanol–water partition coefficient (Wildman–Crippen LogP) is 1.84. The molecule has 9 nitrogen and oxygen atoms in total. The van der Waals surface area contributed by atoms with E-state index in [1.165, 1.54) is 37.7 Å². The number of hydrogen-bond acceptors (Lipinski definition) is 8. The summed E-state index contributed by atoms with van der Waals surface area (Å²) in [7, 11) is 1.39. The number of oxime groups is 1. The number of carbonyl (C=O) groups excluding carboxylic acids is 2. The summed E-state index contributed by atoms with van der Waals surface area (Å²) in [5, 5.41) is 26.9. The first-order chi connectivity index (χ1) is 15.5. The molecule has 3 N–H and O–H groups in total. The van der Waals surface area contributed by atoms with Crippen LogP contribution in [0.15, 0.2) is 66.0 Å². The summed E-state index contributed by atoms with van der Waals surface area (Å²) in [4.78, 5) is 29.0. The van der Waals surface area contributed by atoms with E-state index in [0.717, 1.165) is 0 Å². The molecule has 3 rings (SSSR count). The number of allylic oxidation sites excluding steroid dienone is 3. The molecule has 1 aromatic rings. The molecule has 9 heteroatoms. The lowest BCUT2D eigenvalue weighted by molar-refractivity contribution is -0.115. The quantitative estimate of drug-likeness (QED) is 0.202. The molecular weight excluding hydrogens is 416 g/mol. The number of cyclic esters (lactones) is 1. The number of fused-ring (bicyclic) bond motifs is 2. The predicted molar refractivity (Wildman–Crippen MR) is 117 cm³/mol. The van der Waals surface area contributed by atoms with Gasteiger partial charge in [-0.25, -0.2) is 4.79 Å². The van der Waals surface area contributed by atoms with Crippen molar-refractivity contribution in [1.29, 1.82) is 0 Å². The van der Waals surface area contributed by atoms with Gasteiger partial charge in [0.1, 0.15) is 42.8 Å². The van der Waals surface area contributed by atoms with E-state index in [-0.39, 0.29) is 23.8 Å². The van der Waals surface area contributed by atoms with Crippen molar-refractivity contribution in [2.75, 3.05) is 7.11 Å². The van der Waals surface area contributed by atoms with Crippen LogP contribution in [0.3, 0.4) is 0 Å². The lowest BCUT2D eigenvalue weighted by Gasteiger charge is -2.22. The number of phenolic OH excluding ortho intramolecular Hbond substituents is 1. The number of nitrogens with zero attached hydrogens (tertiary/aromatic N) is 1. The average Bonchev–Trinajstić information content (AvgIpc) is 3.54. The molecule has 32 heavy (non-hydrogen) atoms. The van der Waals surface area contributed by atoms with Crippen molar-refractivity contribution < 1.29 is 34.1 Å². The molecule has 0 aromatic heterocycles. The summed E-state index contributed by atoms with van der Waals surface area (Å²) >= 11 is 0. The average molecular weight is 440 g/mol. The normalized spacial score (nSPS) is 27.1. The Labute approximate surface area is 185 Å². The number of hydrogen-bond donors (Lipinski definition) is 3. The van der Waals surface area contributed by atoms with Crippen LogP contribution in [0.1, 0.15) is 22.3 Å². The van der Waals surface area contributed by atoms with Crippen LogP contribution in [-0.4, -0.2) is 59.8 Å². The molecule has 2 aliphatic rings. The molecule has 2 heterocycles. The van der Waals surface area contributed by atoms with Crippen LogP contribution < -0.4 is 5.32 Å². The first-order valence-electron chi connectivity index (χ1n) is 9.91. The molecule has 1 saturated heterocycles. The number of benzene rings is 1. The van der Waals surface area contributed by atoms with Crippen LogP contribution >= 0.6 is 0 Å². The number of aliphatic hydroxyl groups is 1. The van der Waals surface area contributed by atoms with E-state index in [1.807, 2.05) is 0 Å². The summed E-state index contributed by atoms with van der Waals surface area (Å²) in [6.07, 6.45) is 11.1. The van der Waals surface area contributed by atoms with Crippen molar-refractivity contribution in [2.24, 2.45) is 5.16 Å². The lowest BCUT2D eigenvalue weighted by atomic mass is 10.0. The molecule has 0 aliphatic carbocycles. The highest BCUT2D eigenvalue weighted by Crippen LogP contribution is 2.32. The first-order valence-corrected chi connectivity index (χ1v) is 9.91. The third-order valence-electron chi connectivity index (χ3n) is 4.72. The number of nitrogens with one attached hydrogen (secondary N) is 1. The highest BCUT2D eigenvalue weighted by atomic mass is 16.6. The van der Waals surface area contributed by atoms with Gasteiger partial charge in [0.15, 0.2) is 0 Å². The van der Waals surface area contributed by atoms with Gasteiger partial charge in [-0.3, -0.25) is 4.79 Å². The maximum Gasteiger partial charge on any atom is 0.342 e. The van der Waals surface area contributed by atoms with Gasteiger partial charge in [0.25, 0.3) is 0 Å². The van der Waals surface area contributed by atoms with Gasteiger partial charge in [-0.2, -0.15) is 0 Å². The van der Waals surface area contributed by atoms with Crippen molar-refractivity contribution in [2.45, 2.75) is 30.8 Å². The molecule has 168 valence electrons. The molecule has 2 aliphatic heterocycles. The molecular formula is C23H24N2O7. The number of rotatable bonds is 6. The minimum Gasteiger partial charge on any atom is -0.507 e. The van der Waals surface area contributed by atoms with Crippen molar-refractivity contribution >= 4 is 24.2 Å². The zero-order valence-corrected chi connectivity index (χ0v) is 17.3. The molecule has 4 unspecified atom stereocenters. The SMILES string of the molecule is CO/N=C/C=C\C(=O)N/C=C\CC1OC(=O)c2c(O)cccc2/C=C/C=C\C2OC2C1O. The Hall–Kier alpha value is -3.69. The van der Waals surface area contributed by atoms with Crippen LogP contribution in [0.5, 0.6) is 5.75 Å². The van der Waals surface area contributed by atoms with Crippen molar-refractivity contribution in [3.8, 4) is 5.75 Å². The maximum atomic E-state index is 12.8. The maximum absolute atomic E-state index is 12.8. The van der Waals surface area contributed by atoms with E-state index in [2.05, 4.69) is 15.3 Å². The Bertz CT molecular complexity index is 981. The minimum atomic E-state index is -1.10. The monoisotopic (exact) mass is 440 g/mol. The zero-order valence-electron chi connectivity index (χ0n) is 17.3. The number of aromatic hydroxyl groups is 1. The molecule has 1 aromatic carbocycles. The molecule has 0 bridgehead atoms. The molecule has 0 saturated carbocycles. The van der Waals surface area contributed by atoms with E-state index in [9.17, 15) is 19.8 Å².